The third-order valence-corrected chi connectivity index (χ3v) is 4.96. The Kier molecular flexibility index (Phi) is 2.83. The monoisotopic (exact) mass is 318 g/mol. The number of amides is 3. The van der Waals surface area contributed by atoms with Gasteiger partial charge in [-0.1, -0.05) is 0 Å². The molecule has 0 radical (unpaired) electrons. The fourth-order valence-electron chi connectivity index (χ4n) is 2.73. The molecule has 22 heavy (non-hydrogen) atoms. The van der Waals surface area contributed by atoms with Gasteiger partial charge in [0, 0.05) is 23.2 Å². The van der Waals surface area contributed by atoms with Crippen molar-refractivity contribution in [3.8, 4) is 0 Å². The lowest BCUT2D eigenvalue weighted by atomic mass is 10.3. The molecule has 1 saturated carbocycles. The second-order valence-corrected chi connectivity index (χ2v) is 6.54. The van der Waals surface area contributed by atoms with Gasteiger partial charge in [0.15, 0.2) is 4.96 Å². The van der Waals surface area contributed by atoms with Crippen LogP contribution in [0, 0.1) is 6.92 Å². The van der Waals surface area contributed by atoms with Gasteiger partial charge in [-0.25, -0.2) is 9.78 Å². The highest BCUT2D eigenvalue weighted by molar-refractivity contribution is 7.15. The zero-order valence-electron chi connectivity index (χ0n) is 12.0. The van der Waals surface area contributed by atoms with Crippen molar-refractivity contribution >= 4 is 28.2 Å². The molecule has 0 bridgehead atoms. The van der Waals surface area contributed by atoms with Gasteiger partial charge in [0.05, 0.1) is 12.2 Å². The van der Waals surface area contributed by atoms with E-state index in [0.29, 0.717) is 10.7 Å². The van der Waals surface area contributed by atoms with Gasteiger partial charge in [-0.15, -0.1) is 11.3 Å². The third-order valence-electron chi connectivity index (χ3n) is 4.02. The van der Waals surface area contributed by atoms with Gasteiger partial charge >= 0.3 is 6.03 Å². The molecule has 1 aliphatic heterocycles. The van der Waals surface area contributed by atoms with E-state index < -0.39 is 0 Å². The minimum Gasteiger partial charge on any atom is -0.312 e. The molecule has 2 fully saturated rings. The Morgan fingerprint density at radius 2 is 2.09 bits per heavy atom. The predicted molar refractivity (Wildman–Crippen MR) is 79.8 cm³/mol. The molecule has 1 aliphatic carbocycles. The molecule has 2 aromatic heterocycles. The van der Waals surface area contributed by atoms with Crippen molar-refractivity contribution in [1.29, 1.82) is 0 Å². The zero-order valence-corrected chi connectivity index (χ0v) is 12.8. The molecule has 7 nitrogen and oxygen atoms in total. The molecule has 3 heterocycles. The predicted octanol–water partition coefficient (Wildman–Crippen LogP) is 0.991. The number of hydrogen-bond donors (Lipinski definition) is 0. The Bertz CT molecular complexity index is 851. The first-order valence-corrected chi connectivity index (χ1v) is 8.00. The molecule has 0 unspecified atom stereocenters. The number of rotatable bonds is 3. The van der Waals surface area contributed by atoms with Crippen LogP contribution >= 0.6 is 11.3 Å². The lowest BCUT2D eigenvalue weighted by Crippen LogP contribution is -2.34. The molecule has 0 atom stereocenters. The number of carbonyl (C=O) groups is 2. The first-order valence-electron chi connectivity index (χ1n) is 7.12. The van der Waals surface area contributed by atoms with Gasteiger partial charge in [-0.3, -0.25) is 18.9 Å². The van der Waals surface area contributed by atoms with Crippen molar-refractivity contribution in [1.82, 2.24) is 19.2 Å². The quantitative estimate of drug-likeness (QED) is 0.791. The van der Waals surface area contributed by atoms with Gasteiger partial charge < -0.3 is 4.90 Å². The molecule has 2 aliphatic rings. The minimum atomic E-state index is -0.267. The standard InChI is InChI=1S/C14H14N4O3S/c1-8-7-22-13-15-9(4-11(19)18(8)13)5-17-12(20)6-16(14(17)21)10-2-3-10/h4,7,10H,2-3,5-6H2,1H3. The summed E-state index contributed by atoms with van der Waals surface area (Å²) in [7, 11) is 0. The van der Waals surface area contributed by atoms with E-state index >= 15 is 0 Å². The largest absolute Gasteiger partial charge is 0.327 e. The maximum absolute atomic E-state index is 12.3. The SMILES string of the molecule is Cc1csc2nc(CN3C(=O)CN(C4CC4)C3=O)cc(=O)n12. The lowest BCUT2D eigenvalue weighted by Gasteiger charge is -2.16. The molecule has 1 saturated heterocycles. The Balaban J connectivity index is 1.64. The summed E-state index contributed by atoms with van der Waals surface area (Å²) in [6.07, 6.45) is 1.93. The maximum Gasteiger partial charge on any atom is 0.327 e. The Morgan fingerprint density at radius 3 is 2.82 bits per heavy atom. The van der Waals surface area contributed by atoms with E-state index in [1.54, 1.807) is 4.90 Å². The van der Waals surface area contributed by atoms with E-state index in [1.165, 1.54) is 26.7 Å². The van der Waals surface area contributed by atoms with Crippen molar-refractivity contribution in [3.05, 3.63) is 33.2 Å². The van der Waals surface area contributed by atoms with E-state index in [0.717, 1.165) is 18.5 Å². The average molecular weight is 318 g/mol. The highest BCUT2D eigenvalue weighted by atomic mass is 32.1. The third kappa shape index (κ3) is 2.02. The van der Waals surface area contributed by atoms with Crippen molar-refractivity contribution in [2.45, 2.75) is 32.4 Å². The first kappa shape index (κ1) is 13.4. The molecular formula is C14H14N4O3S. The van der Waals surface area contributed by atoms with Crippen LogP contribution in [-0.4, -0.2) is 43.7 Å². The van der Waals surface area contributed by atoms with Crippen LogP contribution in [0.2, 0.25) is 0 Å². The second-order valence-electron chi connectivity index (χ2n) is 5.70. The fourth-order valence-corrected chi connectivity index (χ4v) is 3.62. The van der Waals surface area contributed by atoms with E-state index in [2.05, 4.69) is 4.98 Å². The van der Waals surface area contributed by atoms with Gasteiger partial charge in [0.1, 0.15) is 6.54 Å². The summed E-state index contributed by atoms with van der Waals surface area (Å²) >= 11 is 1.37. The summed E-state index contributed by atoms with van der Waals surface area (Å²) in [5.41, 5.74) is 1.10. The van der Waals surface area contributed by atoms with Gasteiger partial charge in [0.25, 0.3) is 11.5 Å². The van der Waals surface area contributed by atoms with Gasteiger partial charge in [-0.05, 0) is 19.8 Å². The Hall–Kier alpha value is -2.22. The van der Waals surface area contributed by atoms with E-state index in [1.807, 2.05) is 12.3 Å². The van der Waals surface area contributed by atoms with E-state index in [9.17, 15) is 14.4 Å². The number of aryl methyl sites for hydroxylation is 1. The maximum atomic E-state index is 12.3. The minimum absolute atomic E-state index is 0.0591. The van der Waals surface area contributed by atoms with Crippen LogP contribution in [0.4, 0.5) is 4.79 Å². The second kappa shape index (κ2) is 4.64. The van der Waals surface area contributed by atoms with Crippen molar-refractivity contribution in [2.24, 2.45) is 0 Å². The average Bonchev–Trinajstić information content (AvgIpc) is 3.19. The number of imide groups is 1. The topological polar surface area (TPSA) is 75.0 Å². The Morgan fingerprint density at radius 1 is 1.32 bits per heavy atom. The van der Waals surface area contributed by atoms with Crippen LogP contribution in [0.25, 0.3) is 4.96 Å². The molecule has 3 amide bonds. The molecule has 2 aromatic rings. The zero-order chi connectivity index (χ0) is 15.4. The summed E-state index contributed by atoms with van der Waals surface area (Å²) in [6.45, 7) is 2.04. The lowest BCUT2D eigenvalue weighted by molar-refractivity contribution is -0.125. The molecule has 114 valence electrons. The van der Waals surface area contributed by atoms with Crippen LogP contribution in [0.5, 0.6) is 0 Å². The number of hydrogen-bond acceptors (Lipinski definition) is 5. The summed E-state index contributed by atoms with van der Waals surface area (Å²) in [4.78, 5) is 44.2. The number of carbonyl (C=O) groups excluding carboxylic acids is 2. The van der Waals surface area contributed by atoms with Crippen LogP contribution in [0.15, 0.2) is 16.2 Å². The molecular weight excluding hydrogens is 304 g/mol. The van der Waals surface area contributed by atoms with Crippen LogP contribution in [0.3, 0.4) is 0 Å². The Labute approximate surface area is 129 Å². The first-order chi connectivity index (χ1) is 10.5. The molecule has 0 N–H and O–H groups in total. The highest BCUT2D eigenvalue weighted by Gasteiger charge is 2.43. The van der Waals surface area contributed by atoms with Gasteiger partial charge in [-0.2, -0.15) is 0 Å². The smallest absolute Gasteiger partial charge is 0.312 e. The van der Waals surface area contributed by atoms with Crippen LogP contribution < -0.4 is 5.56 Å². The molecule has 0 aromatic carbocycles. The number of nitrogens with zero attached hydrogens (tertiary/aromatic N) is 4. The van der Waals surface area contributed by atoms with Crippen LogP contribution in [0.1, 0.15) is 24.2 Å². The van der Waals surface area contributed by atoms with E-state index in [4.69, 9.17) is 0 Å². The summed E-state index contributed by atoms with van der Waals surface area (Å²) in [5, 5.41) is 1.86. The number of fused-ring (bicyclic) bond motifs is 1. The van der Waals surface area contributed by atoms with Crippen molar-refractivity contribution in [3.63, 3.8) is 0 Å². The molecule has 8 heteroatoms. The van der Waals surface area contributed by atoms with Crippen molar-refractivity contribution in [2.75, 3.05) is 6.54 Å². The highest BCUT2D eigenvalue weighted by Crippen LogP contribution is 2.30. The number of thiazole rings is 1. The fraction of sp³-hybridized carbons (Fsp3) is 0.429. The van der Waals surface area contributed by atoms with Crippen molar-refractivity contribution < 1.29 is 9.59 Å². The van der Waals surface area contributed by atoms with E-state index in [-0.39, 0.29) is 36.6 Å². The van der Waals surface area contributed by atoms with Gasteiger partial charge in [0.2, 0.25) is 0 Å². The summed E-state index contributed by atoms with van der Waals surface area (Å²) in [5.74, 6) is -0.221. The summed E-state index contributed by atoms with van der Waals surface area (Å²) < 4.78 is 1.53. The number of urea groups is 1. The molecule has 4 rings (SSSR count). The normalized spacial score (nSPS) is 18.8. The molecule has 0 spiro atoms. The number of aromatic nitrogens is 2. The van der Waals surface area contributed by atoms with Crippen LogP contribution in [-0.2, 0) is 11.3 Å². The summed E-state index contributed by atoms with van der Waals surface area (Å²) in [6, 6.07) is 1.34.